The van der Waals surface area contributed by atoms with Gasteiger partial charge in [0.25, 0.3) is 3.79 Å². The fraction of sp³-hybridized carbons (Fsp3) is 0.318. The molecule has 0 bridgehead atoms. The van der Waals surface area contributed by atoms with E-state index in [1.807, 2.05) is 30.3 Å². The number of amides is 2. The number of halogens is 3. The summed E-state index contributed by atoms with van der Waals surface area (Å²) in [7, 11) is 1.24. The van der Waals surface area contributed by atoms with E-state index in [0.29, 0.717) is 11.3 Å². The average Bonchev–Trinajstić information content (AvgIpc) is 3.29. The molecule has 2 heterocycles. The number of rotatable bonds is 3. The summed E-state index contributed by atoms with van der Waals surface area (Å²) in [5.74, 6) is -0.626. The van der Waals surface area contributed by atoms with E-state index < -0.39 is 33.6 Å². The molecule has 0 spiro atoms. The van der Waals surface area contributed by atoms with Crippen LogP contribution in [-0.4, -0.2) is 46.6 Å². The molecule has 8 nitrogen and oxygen atoms in total. The van der Waals surface area contributed by atoms with Crippen LogP contribution in [0.1, 0.15) is 17.5 Å². The second-order valence-corrected chi connectivity index (χ2v) is 9.81. The highest BCUT2D eigenvalue weighted by Gasteiger charge is 2.64. The molecule has 2 amide bonds. The third-order valence-corrected chi connectivity index (χ3v) is 6.17. The van der Waals surface area contributed by atoms with Gasteiger partial charge in [0.2, 0.25) is 5.90 Å². The van der Waals surface area contributed by atoms with Gasteiger partial charge >= 0.3 is 12.2 Å². The number of alkyl halides is 3. The van der Waals surface area contributed by atoms with Crippen LogP contribution in [-0.2, 0) is 26.4 Å². The average molecular weight is 513 g/mol. The Bertz CT molecular complexity index is 1080. The van der Waals surface area contributed by atoms with Gasteiger partial charge < -0.3 is 14.2 Å². The van der Waals surface area contributed by atoms with Crippen molar-refractivity contribution in [3.05, 3.63) is 65.7 Å². The lowest BCUT2D eigenvalue weighted by Gasteiger charge is -2.36. The van der Waals surface area contributed by atoms with Crippen LogP contribution >= 0.6 is 34.8 Å². The monoisotopic (exact) mass is 511 g/mol. The molecule has 2 aromatic carbocycles. The summed E-state index contributed by atoms with van der Waals surface area (Å²) < 4.78 is 14.4. The summed E-state index contributed by atoms with van der Waals surface area (Å²) in [4.78, 5) is 28.6. The molecule has 2 aliphatic rings. The van der Waals surface area contributed by atoms with Gasteiger partial charge in [0.1, 0.15) is 6.61 Å². The lowest BCUT2D eigenvalue weighted by Crippen LogP contribution is -2.55. The quantitative estimate of drug-likeness (QED) is 0.347. The number of nitrogens with one attached hydrogen (secondary N) is 1. The van der Waals surface area contributed by atoms with Gasteiger partial charge in [0.15, 0.2) is 11.8 Å². The lowest BCUT2D eigenvalue weighted by molar-refractivity contribution is 0.0182. The molecule has 11 heteroatoms. The van der Waals surface area contributed by atoms with Crippen LogP contribution in [0, 0.1) is 5.41 Å². The van der Waals surface area contributed by atoms with E-state index in [-0.39, 0.29) is 19.6 Å². The number of fused-ring (bicyclic) bond motifs is 3. The Kier molecular flexibility index (Phi) is 6.35. The molecular weight excluding hydrogens is 493 g/mol. The summed E-state index contributed by atoms with van der Waals surface area (Å²) in [6.07, 6.45) is -2.15. The zero-order chi connectivity index (χ0) is 23.8. The summed E-state index contributed by atoms with van der Waals surface area (Å²) in [6, 6.07) is 16.2. The fourth-order valence-electron chi connectivity index (χ4n) is 4.28. The normalized spacial score (nSPS) is 21.3. The van der Waals surface area contributed by atoms with Crippen LogP contribution in [0.4, 0.5) is 15.3 Å². The first-order valence-corrected chi connectivity index (χ1v) is 11.1. The lowest BCUT2D eigenvalue weighted by atomic mass is 9.92. The number of carbonyl (C=O) groups excluding carboxylic acids is 2. The number of carbonyl (C=O) groups is 2. The minimum Gasteiger partial charge on any atom is -0.462 e. The highest BCUT2D eigenvalue weighted by atomic mass is 35.6. The maximum Gasteiger partial charge on any atom is 0.416 e. The number of hydrogen-bond acceptors (Lipinski definition) is 6. The van der Waals surface area contributed by atoms with Crippen molar-refractivity contribution in [3.8, 4) is 0 Å². The van der Waals surface area contributed by atoms with Crippen LogP contribution < -0.4 is 4.90 Å². The molecule has 1 N–H and O–H groups in total. The first-order valence-electron chi connectivity index (χ1n) is 9.98. The van der Waals surface area contributed by atoms with Crippen molar-refractivity contribution in [2.75, 3.05) is 18.6 Å². The minimum absolute atomic E-state index is 0.0289. The first-order chi connectivity index (χ1) is 15.7. The molecule has 0 saturated carbocycles. The zero-order valence-corrected chi connectivity index (χ0v) is 19.7. The summed E-state index contributed by atoms with van der Waals surface area (Å²) in [5, 5.41) is 8.19. The molecule has 33 heavy (non-hydrogen) atoms. The van der Waals surface area contributed by atoms with Crippen LogP contribution in [0.5, 0.6) is 0 Å². The molecule has 1 fully saturated rings. The summed E-state index contributed by atoms with van der Waals surface area (Å²) in [5.41, 5.74) is 0.482. The van der Waals surface area contributed by atoms with Gasteiger partial charge in [0, 0.05) is 18.5 Å². The third kappa shape index (κ3) is 4.18. The van der Waals surface area contributed by atoms with Crippen molar-refractivity contribution in [1.82, 2.24) is 4.90 Å². The Morgan fingerprint density at radius 1 is 1.09 bits per heavy atom. The number of nitrogens with zero attached hydrogens (tertiary/aromatic N) is 2. The maximum atomic E-state index is 13.3. The Labute approximate surface area is 205 Å². The van der Waals surface area contributed by atoms with Crippen molar-refractivity contribution in [3.63, 3.8) is 0 Å². The molecule has 0 unspecified atom stereocenters. The highest BCUT2D eigenvalue weighted by molar-refractivity contribution is 6.76. The van der Waals surface area contributed by atoms with Crippen LogP contribution in [0.3, 0.4) is 0 Å². The number of anilines is 1. The largest absolute Gasteiger partial charge is 0.462 e. The molecule has 2 aliphatic heterocycles. The fourth-order valence-corrected chi connectivity index (χ4v) is 4.39. The number of benzene rings is 2. The van der Waals surface area contributed by atoms with Crippen molar-refractivity contribution in [2.45, 2.75) is 28.6 Å². The van der Waals surface area contributed by atoms with Gasteiger partial charge in [0.05, 0.1) is 12.8 Å². The smallest absolute Gasteiger partial charge is 0.416 e. The van der Waals surface area contributed by atoms with Gasteiger partial charge in [-0.2, -0.15) is 0 Å². The van der Waals surface area contributed by atoms with Gasteiger partial charge in [-0.3, -0.25) is 15.2 Å². The van der Waals surface area contributed by atoms with E-state index in [1.54, 1.807) is 24.3 Å². The molecule has 174 valence electrons. The predicted molar refractivity (Wildman–Crippen MR) is 124 cm³/mol. The van der Waals surface area contributed by atoms with Gasteiger partial charge in [-0.05, 0) is 11.6 Å². The van der Waals surface area contributed by atoms with Crippen molar-refractivity contribution in [1.29, 1.82) is 5.41 Å². The topological polar surface area (TPSA) is 92.2 Å². The molecule has 2 atom stereocenters. The molecule has 0 radical (unpaired) electrons. The molecule has 2 aromatic rings. The Morgan fingerprint density at radius 3 is 2.42 bits per heavy atom. The zero-order valence-electron chi connectivity index (χ0n) is 17.5. The Hall–Kier alpha value is -2.68. The van der Waals surface area contributed by atoms with Gasteiger partial charge in [-0.1, -0.05) is 83.3 Å². The van der Waals surface area contributed by atoms with E-state index in [2.05, 4.69) is 0 Å². The molecule has 4 rings (SSSR count). The highest BCUT2D eigenvalue weighted by Crippen LogP contribution is 2.54. The van der Waals surface area contributed by atoms with Crippen LogP contribution in [0.2, 0.25) is 0 Å². The molecule has 0 aromatic heterocycles. The predicted octanol–water partition coefficient (Wildman–Crippen LogP) is 5.20. The van der Waals surface area contributed by atoms with E-state index in [4.69, 9.17) is 54.4 Å². The van der Waals surface area contributed by atoms with E-state index in [1.165, 1.54) is 16.9 Å². The van der Waals surface area contributed by atoms with Crippen LogP contribution in [0.25, 0.3) is 0 Å². The third-order valence-electron chi connectivity index (χ3n) is 5.65. The summed E-state index contributed by atoms with van der Waals surface area (Å²) in [6.45, 7) is 0.211. The standard InChI is InChI=1S/C22H20Cl3N3O5/c1-31-19(29)27-12-11-21(33-17(26)22(23,24)25)15-9-5-6-10-16(15)28(18(21)27)20(30)32-13-14-7-3-2-4-8-14/h2-10,18,26H,11-13H2,1H3/t18-,21-/m1/s1. The van der Waals surface area contributed by atoms with Gasteiger partial charge in [-0.15, -0.1) is 0 Å². The van der Waals surface area contributed by atoms with Gasteiger partial charge in [-0.25, -0.2) is 9.59 Å². The minimum atomic E-state index is -2.13. The number of likely N-dealkylation sites (tertiary alicyclic amines) is 1. The number of para-hydroxylation sites is 1. The second-order valence-electron chi connectivity index (χ2n) is 7.53. The summed E-state index contributed by atoms with van der Waals surface area (Å²) >= 11 is 17.7. The number of ether oxygens (including phenoxy) is 3. The van der Waals surface area contributed by atoms with Crippen molar-refractivity contribution < 1.29 is 23.8 Å². The molecular formula is C22H20Cl3N3O5. The maximum absolute atomic E-state index is 13.3. The second kappa shape index (κ2) is 8.93. The number of hydrogen-bond donors (Lipinski definition) is 1. The Balaban J connectivity index is 1.75. The number of methoxy groups -OCH3 is 1. The van der Waals surface area contributed by atoms with E-state index >= 15 is 0 Å². The van der Waals surface area contributed by atoms with Crippen LogP contribution in [0.15, 0.2) is 54.6 Å². The SMILES string of the molecule is COC(=O)N1CC[C@@]2(OC(=N)C(Cl)(Cl)Cl)c3ccccc3N(C(=O)OCc3ccccc3)[C@@H]12. The Morgan fingerprint density at radius 2 is 1.76 bits per heavy atom. The van der Waals surface area contributed by atoms with Crippen molar-refractivity contribution >= 4 is 58.6 Å². The molecule has 0 aliphatic carbocycles. The van der Waals surface area contributed by atoms with Crippen molar-refractivity contribution in [2.24, 2.45) is 0 Å². The molecule has 1 saturated heterocycles. The van der Waals surface area contributed by atoms with E-state index in [9.17, 15) is 9.59 Å². The van der Waals surface area contributed by atoms with E-state index in [0.717, 1.165) is 5.56 Å². The first kappa shape index (κ1) is 23.5.